The first kappa shape index (κ1) is 8.54. The van der Waals surface area contributed by atoms with Crippen LogP contribution in [0, 0.1) is 0 Å². The second kappa shape index (κ2) is 5.14. The summed E-state index contributed by atoms with van der Waals surface area (Å²) >= 11 is 0. The predicted octanol–water partition coefficient (Wildman–Crippen LogP) is 2.26. The minimum Gasteiger partial charge on any atom is -0.313 e. The Labute approximate surface area is 69.2 Å². The maximum atomic E-state index is 3.40. The van der Waals surface area contributed by atoms with Gasteiger partial charge in [0.1, 0.15) is 0 Å². The van der Waals surface area contributed by atoms with Crippen molar-refractivity contribution in [1.82, 2.24) is 5.32 Å². The minimum absolute atomic E-state index is 1.08. The van der Waals surface area contributed by atoms with Crippen molar-refractivity contribution in [2.24, 2.45) is 0 Å². The molecule has 1 aliphatic carbocycles. The minimum atomic E-state index is 1.08. The Kier molecular flexibility index (Phi) is 3.99. The third kappa shape index (κ3) is 3.38. The molecule has 62 valence electrons. The maximum Gasteiger partial charge on any atom is 0.0167 e. The molecule has 0 fully saturated rings. The highest BCUT2D eigenvalue weighted by atomic mass is 14.8. The molecule has 0 spiro atoms. The van der Waals surface area contributed by atoms with Crippen LogP contribution >= 0.6 is 0 Å². The van der Waals surface area contributed by atoms with E-state index in [1.807, 2.05) is 0 Å². The van der Waals surface area contributed by atoms with E-state index in [-0.39, 0.29) is 0 Å². The van der Waals surface area contributed by atoms with Crippen molar-refractivity contribution in [3.63, 3.8) is 0 Å². The lowest BCUT2D eigenvalue weighted by Crippen LogP contribution is -2.18. The summed E-state index contributed by atoms with van der Waals surface area (Å²) in [4.78, 5) is 0. The van der Waals surface area contributed by atoms with Crippen LogP contribution in [0.2, 0.25) is 0 Å². The van der Waals surface area contributed by atoms with E-state index < -0.39 is 0 Å². The van der Waals surface area contributed by atoms with Gasteiger partial charge in [0.2, 0.25) is 0 Å². The van der Waals surface area contributed by atoms with Crippen LogP contribution in [0.15, 0.2) is 23.8 Å². The SMILES string of the molecule is CCCNCC1=CC=CCC1. The van der Waals surface area contributed by atoms with Crippen LogP contribution in [0.25, 0.3) is 0 Å². The van der Waals surface area contributed by atoms with Crippen molar-refractivity contribution in [3.05, 3.63) is 23.8 Å². The van der Waals surface area contributed by atoms with E-state index in [1.165, 1.54) is 19.3 Å². The van der Waals surface area contributed by atoms with Gasteiger partial charge in [-0.2, -0.15) is 0 Å². The molecule has 0 aromatic rings. The molecule has 0 heterocycles. The summed E-state index contributed by atoms with van der Waals surface area (Å²) in [6.45, 7) is 4.42. The number of allylic oxidation sites excluding steroid dienone is 3. The highest BCUT2D eigenvalue weighted by molar-refractivity contribution is 5.18. The van der Waals surface area contributed by atoms with E-state index in [1.54, 1.807) is 5.57 Å². The Bertz CT molecular complexity index is 156. The molecule has 1 rings (SSSR count). The van der Waals surface area contributed by atoms with Crippen LogP contribution in [0.4, 0.5) is 0 Å². The third-order valence-electron chi connectivity index (χ3n) is 1.88. The molecule has 0 unspecified atom stereocenters. The van der Waals surface area contributed by atoms with E-state index in [4.69, 9.17) is 0 Å². The average molecular weight is 151 g/mol. The molecule has 0 aliphatic heterocycles. The second-order valence-corrected chi connectivity index (χ2v) is 2.97. The lowest BCUT2D eigenvalue weighted by atomic mass is 10.1. The van der Waals surface area contributed by atoms with Gasteiger partial charge in [0.15, 0.2) is 0 Å². The average Bonchev–Trinajstić information content (AvgIpc) is 2.07. The number of nitrogens with one attached hydrogen (secondary N) is 1. The van der Waals surface area contributed by atoms with Gasteiger partial charge >= 0.3 is 0 Å². The monoisotopic (exact) mass is 151 g/mol. The largest absolute Gasteiger partial charge is 0.313 e. The first-order chi connectivity index (χ1) is 5.43. The molecular weight excluding hydrogens is 134 g/mol. The highest BCUT2D eigenvalue weighted by Gasteiger charge is 1.97. The summed E-state index contributed by atoms with van der Waals surface area (Å²) in [5.41, 5.74) is 1.54. The van der Waals surface area contributed by atoms with E-state index >= 15 is 0 Å². The summed E-state index contributed by atoms with van der Waals surface area (Å²) in [6, 6.07) is 0. The molecule has 0 aromatic carbocycles. The van der Waals surface area contributed by atoms with Crippen molar-refractivity contribution >= 4 is 0 Å². The van der Waals surface area contributed by atoms with E-state index in [0.29, 0.717) is 0 Å². The summed E-state index contributed by atoms with van der Waals surface area (Å²) in [6.07, 6.45) is 10.3. The Morgan fingerprint density at radius 1 is 1.55 bits per heavy atom. The van der Waals surface area contributed by atoms with Gasteiger partial charge in [-0.3, -0.25) is 0 Å². The molecular formula is C10H17N. The summed E-state index contributed by atoms with van der Waals surface area (Å²) in [5, 5.41) is 3.40. The zero-order valence-electron chi connectivity index (χ0n) is 7.27. The van der Waals surface area contributed by atoms with Crippen molar-refractivity contribution in [3.8, 4) is 0 Å². The summed E-state index contributed by atoms with van der Waals surface area (Å²) in [7, 11) is 0. The topological polar surface area (TPSA) is 12.0 Å². The van der Waals surface area contributed by atoms with Gasteiger partial charge in [0.05, 0.1) is 0 Å². The predicted molar refractivity (Wildman–Crippen MR) is 49.6 cm³/mol. The van der Waals surface area contributed by atoms with Gasteiger partial charge in [-0.05, 0) is 25.8 Å². The van der Waals surface area contributed by atoms with Crippen LogP contribution in [0.3, 0.4) is 0 Å². The molecule has 0 atom stereocenters. The first-order valence-electron chi connectivity index (χ1n) is 4.48. The third-order valence-corrected chi connectivity index (χ3v) is 1.88. The molecule has 0 radical (unpaired) electrons. The molecule has 0 aromatic heterocycles. The summed E-state index contributed by atoms with van der Waals surface area (Å²) < 4.78 is 0. The van der Waals surface area contributed by atoms with Crippen LogP contribution in [-0.2, 0) is 0 Å². The molecule has 0 amide bonds. The van der Waals surface area contributed by atoms with Gasteiger partial charge in [-0.1, -0.05) is 30.7 Å². The molecule has 11 heavy (non-hydrogen) atoms. The van der Waals surface area contributed by atoms with Gasteiger partial charge < -0.3 is 5.32 Å². The number of rotatable bonds is 4. The smallest absolute Gasteiger partial charge is 0.0167 e. The lowest BCUT2D eigenvalue weighted by molar-refractivity contribution is 0.696. The zero-order chi connectivity index (χ0) is 7.94. The first-order valence-corrected chi connectivity index (χ1v) is 4.48. The second-order valence-electron chi connectivity index (χ2n) is 2.97. The Morgan fingerprint density at radius 2 is 2.45 bits per heavy atom. The Balaban J connectivity index is 2.15. The maximum absolute atomic E-state index is 3.40. The van der Waals surface area contributed by atoms with Crippen molar-refractivity contribution in [2.75, 3.05) is 13.1 Å². The quantitative estimate of drug-likeness (QED) is 0.608. The van der Waals surface area contributed by atoms with Gasteiger partial charge in [0, 0.05) is 6.54 Å². The van der Waals surface area contributed by atoms with Crippen LogP contribution in [0.1, 0.15) is 26.2 Å². The van der Waals surface area contributed by atoms with Gasteiger partial charge in [-0.15, -0.1) is 0 Å². The normalized spacial score (nSPS) is 16.6. The van der Waals surface area contributed by atoms with Gasteiger partial charge in [0.25, 0.3) is 0 Å². The Hall–Kier alpha value is -0.560. The number of hydrogen-bond acceptors (Lipinski definition) is 1. The fraction of sp³-hybridized carbons (Fsp3) is 0.600. The molecule has 0 saturated carbocycles. The van der Waals surface area contributed by atoms with Crippen molar-refractivity contribution < 1.29 is 0 Å². The molecule has 1 heteroatoms. The van der Waals surface area contributed by atoms with Crippen LogP contribution in [0.5, 0.6) is 0 Å². The van der Waals surface area contributed by atoms with Gasteiger partial charge in [-0.25, -0.2) is 0 Å². The Morgan fingerprint density at radius 3 is 3.09 bits per heavy atom. The fourth-order valence-electron chi connectivity index (χ4n) is 1.23. The number of hydrogen-bond donors (Lipinski definition) is 1. The molecule has 0 bridgehead atoms. The van der Waals surface area contributed by atoms with E-state index in [9.17, 15) is 0 Å². The lowest BCUT2D eigenvalue weighted by Gasteiger charge is -2.08. The summed E-state index contributed by atoms with van der Waals surface area (Å²) in [5.74, 6) is 0. The zero-order valence-corrected chi connectivity index (χ0v) is 7.27. The highest BCUT2D eigenvalue weighted by Crippen LogP contribution is 2.09. The molecule has 1 aliphatic rings. The van der Waals surface area contributed by atoms with E-state index in [0.717, 1.165) is 13.1 Å². The van der Waals surface area contributed by atoms with E-state index in [2.05, 4.69) is 30.5 Å². The molecule has 1 N–H and O–H groups in total. The van der Waals surface area contributed by atoms with Crippen molar-refractivity contribution in [2.45, 2.75) is 26.2 Å². The van der Waals surface area contributed by atoms with Crippen molar-refractivity contribution in [1.29, 1.82) is 0 Å². The fourth-order valence-corrected chi connectivity index (χ4v) is 1.23. The molecule has 0 saturated heterocycles. The van der Waals surface area contributed by atoms with Crippen LogP contribution in [-0.4, -0.2) is 13.1 Å². The molecule has 1 nitrogen and oxygen atoms in total. The standard InChI is InChI=1S/C10H17N/c1-2-8-11-9-10-6-4-3-5-7-10/h3-4,6,11H,2,5,7-9H2,1H3. The van der Waals surface area contributed by atoms with Crippen LogP contribution < -0.4 is 5.32 Å².